The number of carboxylic acid groups (broad SMARTS) is 1. The fraction of sp³-hybridized carbons (Fsp3) is 0.899. The lowest BCUT2D eigenvalue weighted by Gasteiger charge is -2.50. The van der Waals surface area contributed by atoms with Gasteiger partial charge in [-0.3, -0.25) is 9.59 Å². The van der Waals surface area contributed by atoms with Crippen LogP contribution >= 0.6 is 0 Å². The zero-order chi connectivity index (χ0) is 67.5. The normalized spacial score (nSPS) is 28.3. The number of ether oxygens (including phenoxy) is 6. The Labute approximate surface area is 549 Å². The van der Waals surface area contributed by atoms with Gasteiger partial charge in [-0.1, -0.05) is 231 Å². The quantitative estimate of drug-likeness (QED) is 0.0219. The maximum atomic E-state index is 13.4. The summed E-state index contributed by atoms with van der Waals surface area (Å²) in [4.78, 5) is 38.5. The molecular weight excluding hydrogens is 1190 g/mol. The molecule has 3 aliphatic heterocycles. The summed E-state index contributed by atoms with van der Waals surface area (Å²) < 4.78 is 34.8. The van der Waals surface area contributed by atoms with Crippen LogP contribution in [0.25, 0.3) is 0 Å². The van der Waals surface area contributed by atoms with Gasteiger partial charge in [0.05, 0.1) is 50.7 Å². The molecule has 0 radical (unpaired) electrons. The van der Waals surface area contributed by atoms with Crippen LogP contribution in [0.3, 0.4) is 0 Å². The van der Waals surface area contributed by atoms with Gasteiger partial charge in [-0.15, -0.1) is 0 Å². The number of nitrogens with one attached hydrogen (secondary N) is 2. The van der Waals surface area contributed by atoms with Gasteiger partial charge in [-0.25, -0.2) is 4.79 Å². The summed E-state index contributed by atoms with van der Waals surface area (Å²) in [5.74, 6) is -6.17. The molecule has 0 saturated carbocycles. The lowest BCUT2D eigenvalue weighted by atomic mass is 9.88. The second-order valence-electron chi connectivity index (χ2n) is 26.1. The van der Waals surface area contributed by atoms with Crippen LogP contribution in [0.1, 0.15) is 258 Å². The number of carbonyl (C=O) groups is 3. The average molecular weight is 1320 g/mol. The molecule has 3 heterocycles. The van der Waals surface area contributed by atoms with Crippen molar-refractivity contribution in [3.63, 3.8) is 0 Å². The standard InChI is InChI=1S/C69H126N2O21/c1-4-6-8-10-12-14-16-18-19-20-21-22-23-24-25-26-27-28-29-31-32-34-36-38-40-42-51(76)50(71-56(79)43-41-39-37-35-33-30-17-15-13-11-9-7-5-2)48-87-66-61(83)60(82)63(55(47-74)89-66)90-67-62(84)65(59(81)54(46-73)88-67)92-69(68(85)86)44-52(77)57(70-49(3)75)64(91-69)58(80)53(78)45-72/h30,33,37,39,50-55,57-67,72-74,76-78,80-84H,4-29,31-32,34-36,38,40-48H2,1-3H3,(H,70,75)(H,71,79)(H,85,86)/b33-30-,39-37-. The molecule has 0 aromatic heterocycles. The summed E-state index contributed by atoms with van der Waals surface area (Å²) >= 11 is 0. The highest BCUT2D eigenvalue weighted by Gasteiger charge is 2.60. The number of aliphatic hydroxyl groups excluding tert-OH is 11. The summed E-state index contributed by atoms with van der Waals surface area (Å²) in [6, 6.07) is -2.56. The van der Waals surface area contributed by atoms with Crippen molar-refractivity contribution in [2.45, 2.75) is 368 Å². The van der Waals surface area contributed by atoms with E-state index in [1.165, 1.54) is 161 Å². The Morgan fingerprint density at radius 2 is 1.04 bits per heavy atom. The zero-order valence-electron chi connectivity index (χ0n) is 56.2. The molecule has 3 aliphatic rings. The molecule has 0 bridgehead atoms. The summed E-state index contributed by atoms with van der Waals surface area (Å²) in [6.45, 7) is 2.16. The molecule has 0 aliphatic carbocycles. The lowest BCUT2D eigenvalue weighted by Crippen LogP contribution is -2.70. The monoisotopic (exact) mass is 1320 g/mol. The number of allylic oxidation sites excluding steroid dienone is 4. The number of aliphatic carboxylic acids is 1. The summed E-state index contributed by atoms with van der Waals surface area (Å²) in [6.07, 6.45) is 20.7. The molecule has 92 heavy (non-hydrogen) atoms. The van der Waals surface area contributed by atoms with Crippen molar-refractivity contribution in [1.82, 2.24) is 10.6 Å². The van der Waals surface area contributed by atoms with E-state index in [9.17, 15) is 75.7 Å². The van der Waals surface area contributed by atoms with Gasteiger partial charge in [0.15, 0.2) is 12.6 Å². The molecule has 0 spiro atoms. The van der Waals surface area contributed by atoms with Crippen molar-refractivity contribution in [1.29, 1.82) is 0 Å². The van der Waals surface area contributed by atoms with E-state index in [0.29, 0.717) is 19.3 Å². The van der Waals surface area contributed by atoms with Gasteiger partial charge in [-0.2, -0.15) is 0 Å². The summed E-state index contributed by atoms with van der Waals surface area (Å²) in [5, 5.41) is 136. The number of rotatable bonds is 54. The molecule has 2 amide bonds. The van der Waals surface area contributed by atoms with Crippen LogP contribution in [0.15, 0.2) is 24.3 Å². The van der Waals surface area contributed by atoms with Crippen molar-refractivity contribution < 1.29 is 104 Å². The summed E-state index contributed by atoms with van der Waals surface area (Å²) in [5.41, 5.74) is 0. The van der Waals surface area contributed by atoms with E-state index >= 15 is 0 Å². The van der Waals surface area contributed by atoms with Crippen molar-refractivity contribution in [2.75, 3.05) is 26.4 Å². The Morgan fingerprint density at radius 3 is 1.52 bits per heavy atom. The summed E-state index contributed by atoms with van der Waals surface area (Å²) in [7, 11) is 0. The molecule has 23 heteroatoms. The molecule has 18 unspecified atom stereocenters. The van der Waals surface area contributed by atoms with Crippen molar-refractivity contribution in [3.05, 3.63) is 24.3 Å². The van der Waals surface area contributed by atoms with Crippen LogP contribution < -0.4 is 10.6 Å². The first-order valence-corrected chi connectivity index (χ1v) is 35.7. The lowest BCUT2D eigenvalue weighted by molar-refractivity contribution is -0.386. The van der Waals surface area contributed by atoms with E-state index in [-0.39, 0.29) is 12.3 Å². The maximum absolute atomic E-state index is 13.4. The first-order chi connectivity index (χ1) is 44.4. The Balaban J connectivity index is 1.56. The zero-order valence-corrected chi connectivity index (χ0v) is 56.2. The SMILES string of the molecule is CCCCCCCC/C=C\C/C=C\CCC(=O)NC(COC1OC(CO)C(OC2OC(CO)C(O)C(OC3(C(=O)O)CC(O)C(NC(C)=O)C(C(O)C(O)CO)O3)C2O)C(O)C1O)C(O)CCCCCCCCCCCCCCCCCCCCCCCCCCC. The van der Waals surface area contributed by atoms with E-state index in [2.05, 4.69) is 36.6 Å². The van der Waals surface area contributed by atoms with Gasteiger partial charge >= 0.3 is 5.97 Å². The maximum Gasteiger partial charge on any atom is 0.364 e. The van der Waals surface area contributed by atoms with E-state index < -0.39 is 155 Å². The number of hydrogen-bond acceptors (Lipinski definition) is 20. The molecule has 18 atom stereocenters. The third-order valence-electron chi connectivity index (χ3n) is 18.2. The van der Waals surface area contributed by atoms with Gasteiger partial charge in [-0.05, 0) is 32.1 Å². The fourth-order valence-corrected chi connectivity index (χ4v) is 12.5. The highest BCUT2D eigenvalue weighted by atomic mass is 16.8. The first kappa shape index (κ1) is 83.4. The molecule has 3 rings (SSSR count). The van der Waals surface area contributed by atoms with E-state index in [1.54, 1.807) is 0 Å². The molecule has 3 saturated heterocycles. The third kappa shape index (κ3) is 31.6. The smallest absolute Gasteiger partial charge is 0.364 e. The minimum atomic E-state index is -3.08. The Morgan fingerprint density at radius 1 is 0.565 bits per heavy atom. The van der Waals surface area contributed by atoms with Gasteiger partial charge < -0.3 is 100 Å². The molecule has 3 fully saturated rings. The Bertz CT molecular complexity index is 1960. The van der Waals surface area contributed by atoms with Crippen molar-refractivity contribution in [3.8, 4) is 0 Å². The molecule has 0 aromatic rings. The first-order valence-electron chi connectivity index (χ1n) is 35.7. The Hall–Kier alpha value is -2.79. The minimum absolute atomic E-state index is 0.118. The van der Waals surface area contributed by atoms with E-state index in [1.807, 2.05) is 12.2 Å². The van der Waals surface area contributed by atoms with E-state index in [4.69, 9.17) is 28.4 Å². The fourth-order valence-electron chi connectivity index (χ4n) is 12.5. The van der Waals surface area contributed by atoms with Crippen molar-refractivity contribution >= 4 is 17.8 Å². The number of aliphatic hydroxyl groups is 11. The highest BCUT2D eigenvalue weighted by Crippen LogP contribution is 2.39. The molecule has 0 aromatic carbocycles. The number of unbranched alkanes of at least 4 members (excludes halogenated alkanes) is 30. The van der Waals surface area contributed by atoms with Crippen LogP contribution in [0.5, 0.6) is 0 Å². The van der Waals surface area contributed by atoms with Crippen molar-refractivity contribution in [2.24, 2.45) is 0 Å². The van der Waals surface area contributed by atoms with Gasteiger partial charge in [0.1, 0.15) is 67.1 Å². The molecule has 538 valence electrons. The largest absolute Gasteiger partial charge is 0.477 e. The van der Waals surface area contributed by atoms with Gasteiger partial charge in [0.2, 0.25) is 11.8 Å². The Kier molecular flexibility index (Phi) is 45.1. The minimum Gasteiger partial charge on any atom is -0.477 e. The topological polar surface area (TPSA) is 373 Å². The highest BCUT2D eigenvalue weighted by molar-refractivity contribution is 5.77. The third-order valence-corrected chi connectivity index (χ3v) is 18.2. The number of hydrogen-bond donors (Lipinski definition) is 14. The number of carboxylic acids is 1. The van der Waals surface area contributed by atoms with Gasteiger partial charge in [0.25, 0.3) is 5.79 Å². The predicted molar refractivity (Wildman–Crippen MR) is 348 cm³/mol. The van der Waals surface area contributed by atoms with Crippen LogP contribution in [0.4, 0.5) is 0 Å². The number of amides is 2. The van der Waals surface area contributed by atoms with E-state index in [0.717, 1.165) is 51.9 Å². The van der Waals surface area contributed by atoms with Gasteiger partial charge in [0, 0.05) is 19.8 Å². The van der Waals surface area contributed by atoms with Crippen LogP contribution in [-0.4, -0.2) is 215 Å². The van der Waals surface area contributed by atoms with Crippen LogP contribution in [-0.2, 0) is 42.8 Å². The molecular formula is C69H126N2O21. The van der Waals surface area contributed by atoms with Crippen LogP contribution in [0.2, 0.25) is 0 Å². The number of carbonyl (C=O) groups excluding carboxylic acids is 2. The predicted octanol–water partition coefficient (Wildman–Crippen LogP) is 6.84. The molecule has 23 nitrogen and oxygen atoms in total. The molecule has 14 N–H and O–H groups in total. The second kappa shape index (κ2) is 49.7. The van der Waals surface area contributed by atoms with Crippen LogP contribution in [0, 0.1) is 0 Å². The second-order valence-corrected chi connectivity index (χ2v) is 26.1. The average Bonchev–Trinajstić information content (AvgIpc) is 0.767.